The fourth-order valence-corrected chi connectivity index (χ4v) is 5.27. The molecule has 1 aromatic rings. The molecule has 1 saturated heterocycles. The van der Waals surface area contributed by atoms with Gasteiger partial charge in [0.25, 0.3) is 0 Å². The minimum atomic E-state index is -3.97. The summed E-state index contributed by atoms with van der Waals surface area (Å²) >= 11 is 0. The SMILES string of the molecule is Cc1noc(C)c1S(=O)(=O)NC(C)C(=O)N1C[C@H](C(=O)O)[C@@H](C2CC2)C1. The third-order valence-corrected chi connectivity index (χ3v) is 6.94. The van der Waals surface area contributed by atoms with E-state index in [2.05, 4.69) is 9.88 Å². The van der Waals surface area contributed by atoms with Crippen LogP contribution in [0.2, 0.25) is 0 Å². The molecule has 0 radical (unpaired) electrons. The van der Waals surface area contributed by atoms with E-state index in [1.54, 1.807) is 0 Å². The Balaban J connectivity index is 1.71. The number of rotatable bonds is 6. The zero-order valence-corrected chi connectivity index (χ0v) is 15.7. The predicted octanol–water partition coefficient (Wildman–Crippen LogP) is 0.527. The summed E-state index contributed by atoms with van der Waals surface area (Å²) in [5.41, 5.74) is 0.218. The van der Waals surface area contributed by atoms with Gasteiger partial charge in [0.1, 0.15) is 10.6 Å². The maximum absolute atomic E-state index is 12.7. The van der Waals surface area contributed by atoms with E-state index < -0.39 is 33.9 Å². The van der Waals surface area contributed by atoms with E-state index in [0.717, 1.165) is 12.8 Å². The highest BCUT2D eigenvalue weighted by molar-refractivity contribution is 7.89. The lowest BCUT2D eigenvalue weighted by Gasteiger charge is -2.21. The highest BCUT2D eigenvalue weighted by Gasteiger charge is 2.47. The van der Waals surface area contributed by atoms with E-state index >= 15 is 0 Å². The van der Waals surface area contributed by atoms with Crippen LogP contribution in [0.15, 0.2) is 9.42 Å². The van der Waals surface area contributed by atoms with Gasteiger partial charge in [-0.2, -0.15) is 4.72 Å². The van der Waals surface area contributed by atoms with Crippen LogP contribution in [0.4, 0.5) is 0 Å². The lowest BCUT2D eigenvalue weighted by molar-refractivity contribution is -0.142. The minimum Gasteiger partial charge on any atom is -0.481 e. The normalized spacial score (nSPS) is 24.7. The van der Waals surface area contributed by atoms with Gasteiger partial charge in [0.05, 0.1) is 12.0 Å². The van der Waals surface area contributed by atoms with Gasteiger partial charge in [0, 0.05) is 13.1 Å². The van der Waals surface area contributed by atoms with Gasteiger partial charge in [-0.15, -0.1) is 0 Å². The number of hydrogen-bond donors (Lipinski definition) is 2. The summed E-state index contributed by atoms with van der Waals surface area (Å²) in [6, 6.07) is -1.01. The van der Waals surface area contributed by atoms with E-state index in [0.29, 0.717) is 12.5 Å². The van der Waals surface area contributed by atoms with Crippen molar-refractivity contribution in [2.24, 2.45) is 17.8 Å². The number of aliphatic carboxylic acids is 1. The Kier molecular flexibility index (Phi) is 4.82. The Hall–Kier alpha value is -1.94. The number of aromatic nitrogens is 1. The standard InChI is InChI=1S/C16H23N3O6S/c1-8-14(10(3)25-17-8)26(23,24)18-9(2)15(20)19-6-12(11-4-5-11)13(7-19)16(21)22/h9,11-13,18H,4-7H2,1-3H3,(H,21,22)/t9?,12-,13+/m1/s1. The Morgan fingerprint density at radius 3 is 2.46 bits per heavy atom. The summed E-state index contributed by atoms with van der Waals surface area (Å²) in [5, 5.41) is 13.0. The van der Waals surface area contributed by atoms with Gasteiger partial charge in [-0.1, -0.05) is 5.16 Å². The summed E-state index contributed by atoms with van der Waals surface area (Å²) in [7, 11) is -3.97. The number of aryl methyl sites for hydroxylation is 2. The Labute approximate surface area is 151 Å². The molecule has 2 fully saturated rings. The fraction of sp³-hybridized carbons (Fsp3) is 0.688. The average molecular weight is 385 g/mol. The largest absolute Gasteiger partial charge is 0.481 e. The highest BCUT2D eigenvalue weighted by Crippen LogP contribution is 2.44. The summed E-state index contributed by atoms with van der Waals surface area (Å²) in [5.74, 6) is -1.46. The third-order valence-electron chi connectivity index (χ3n) is 5.16. The van der Waals surface area contributed by atoms with Crippen molar-refractivity contribution in [2.45, 2.75) is 44.6 Å². The van der Waals surface area contributed by atoms with Crippen LogP contribution in [0.25, 0.3) is 0 Å². The van der Waals surface area contributed by atoms with Gasteiger partial charge >= 0.3 is 5.97 Å². The zero-order valence-electron chi connectivity index (χ0n) is 14.9. The lowest BCUT2D eigenvalue weighted by atomic mass is 9.92. The molecule has 0 aromatic carbocycles. The van der Waals surface area contributed by atoms with Crippen molar-refractivity contribution in [3.8, 4) is 0 Å². The molecular formula is C16H23N3O6S. The molecule has 0 spiro atoms. The number of carboxylic acids is 1. The van der Waals surface area contributed by atoms with Crippen LogP contribution in [-0.2, 0) is 19.6 Å². The molecule has 9 nitrogen and oxygen atoms in total. The average Bonchev–Trinajstić information content (AvgIpc) is 3.19. The first-order valence-electron chi connectivity index (χ1n) is 8.58. The van der Waals surface area contributed by atoms with Crippen molar-refractivity contribution >= 4 is 21.9 Å². The number of sulfonamides is 1. The molecule has 1 unspecified atom stereocenters. The van der Waals surface area contributed by atoms with Crippen molar-refractivity contribution in [3.63, 3.8) is 0 Å². The molecule has 144 valence electrons. The molecule has 1 aromatic heterocycles. The van der Waals surface area contributed by atoms with Crippen LogP contribution in [0, 0.1) is 31.6 Å². The van der Waals surface area contributed by atoms with Crippen molar-refractivity contribution in [3.05, 3.63) is 11.5 Å². The molecule has 0 bridgehead atoms. The molecule has 1 saturated carbocycles. The van der Waals surface area contributed by atoms with Crippen LogP contribution in [0.1, 0.15) is 31.2 Å². The molecule has 26 heavy (non-hydrogen) atoms. The van der Waals surface area contributed by atoms with Crippen LogP contribution in [-0.4, -0.2) is 54.6 Å². The Morgan fingerprint density at radius 1 is 1.31 bits per heavy atom. The maximum Gasteiger partial charge on any atom is 0.308 e. The lowest BCUT2D eigenvalue weighted by Crippen LogP contribution is -2.46. The van der Waals surface area contributed by atoms with Gasteiger partial charge < -0.3 is 14.5 Å². The van der Waals surface area contributed by atoms with E-state index in [-0.39, 0.29) is 28.8 Å². The Morgan fingerprint density at radius 2 is 1.96 bits per heavy atom. The van der Waals surface area contributed by atoms with Crippen molar-refractivity contribution in [1.29, 1.82) is 0 Å². The monoisotopic (exact) mass is 385 g/mol. The van der Waals surface area contributed by atoms with Crippen molar-refractivity contribution in [1.82, 2.24) is 14.8 Å². The summed E-state index contributed by atoms with van der Waals surface area (Å²) in [6.45, 7) is 4.93. The molecule has 1 aliphatic carbocycles. The van der Waals surface area contributed by atoms with Gasteiger partial charge in [0.2, 0.25) is 15.9 Å². The van der Waals surface area contributed by atoms with E-state index in [9.17, 15) is 23.1 Å². The van der Waals surface area contributed by atoms with Gasteiger partial charge in [-0.25, -0.2) is 8.42 Å². The smallest absolute Gasteiger partial charge is 0.308 e. The van der Waals surface area contributed by atoms with E-state index in [4.69, 9.17) is 4.52 Å². The van der Waals surface area contributed by atoms with Crippen LogP contribution < -0.4 is 4.72 Å². The summed E-state index contributed by atoms with van der Waals surface area (Å²) in [4.78, 5) is 25.5. The molecule has 3 atom stereocenters. The molecule has 2 aliphatic rings. The number of amides is 1. The summed E-state index contributed by atoms with van der Waals surface area (Å²) in [6.07, 6.45) is 1.98. The molecule has 2 heterocycles. The quantitative estimate of drug-likeness (QED) is 0.730. The first-order valence-corrected chi connectivity index (χ1v) is 10.1. The maximum atomic E-state index is 12.7. The number of nitrogens with zero attached hydrogens (tertiary/aromatic N) is 2. The van der Waals surface area contributed by atoms with Crippen LogP contribution >= 0.6 is 0 Å². The second kappa shape index (κ2) is 6.66. The first kappa shape index (κ1) is 18.8. The molecule has 2 N–H and O–H groups in total. The van der Waals surface area contributed by atoms with E-state index in [1.165, 1.54) is 25.7 Å². The van der Waals surface area contributed by atoms with Gasteiger partial charge in [0.15, 0.2) is 5.76 Å². The molecule has 10 heteroatoms. The second-order valence-corrected chi connectivity index (χ2v) is 8.84. The second-order valence-electron chi connectivity index (χ2n) is 7.19. The highest BCUT2D eigenvalue weighted by atomic mass is 32.2. The Bertz CT molecular complexity index is 810. The van der Waals surface area contributed by atoms with Gasteiger partial charge in [-0.3, -0.25) is 9.59 Å². The fourth-order valence-electron chi connectivity index (χ4n) is 3.75. The topological polar surface area (TPSA) is 130 Å². The molecule has 1 aliphatic heterocycles. The van der Waals surface area contributed by atoms with Crippen molar-refractivity contribution < 1.29 is 27.6 Å². The first-order chi connectivity index (χ1) is 12.1. The van der Waals surface area contributed by atoms with Crippen LogP contribution in [0.5, 0.6) is 0 Å². The van der Waals surface area contributed by atoms with Crippen molar-refractivity contribution in [2.75, 3.05) is 13.1 Å². The van der Waals surface area contributed by atoms with Gasteiger partial charge in [-0.05, 0) is 45.4 Å². The molecule has 1 amide bonds. The molecule has 3 rings (SSSR count). The number of hydrogen-bond acceptors (Lipinski definition) is 6. The number of carbonyl (C=O) groups is 2. The van der Waals surface area contributed by atoms with E-state index in [1.807, 2.05) is 0 Å². The predicted molar refractivity (Wildman–Crippen MR) is 89.7 cm³/mol. The number of carbonyl (C=O) groups excluding carboxylic acids is 1. The number of carboxylic acid groups (broad SMARTS) is 1. The number of nitrogens with one attached hydrogen (secondary N) is 1. The number of likely N-dealkylation sites (tertiary alicyclic amines) is 1. The van der Waals surface area contributed by atoms with Crippen LogP contribution in [0.3, 0.4) is 0 Å². The minimum absolute atomic E-state index is 0.0529. The zero-order chi connectivity index (χ0) is 19.2. The summed E-state index contributed by atoms with van der Waals surface area (Å²) < 4.78 is 32.3. The third kappa shape index (κ3) is 3.48. The molecular weight excluding hydrogens is 362 g/mol.